The Labute approximate surface area is 96.2 Å². The third kappa shape index (κ3) is 3.11. The van der Waals surface area contributed by atoms with Crippen molar-refractivity contribution in [2.75, 3.05) is 12.9 Å². The first kappa shape index (κ1) is 13.8. The Hall–Kier alpha value is -1.25. The number of hydrogen-bond acceptors (Lipinski definition) is 5. The summed E-state index contributed by atoms with van der Waals surface area (Å²) in [6.45, 7) is 0. The molecule has 0 saturated carbocycles. The highest BCUT2D eigenvalue weighted by atomic mass is 32.2. The third-order valence-electron chi connectivity index (χ3n) is 2.35. The first-order chi connectivity index (χ1) is 7.77. The van der Waals surface area contributed by atoms with Crippen LogP contribution in [0.25, 0.3) is 0 Å². The van der Waals surface area contributed by atoms with Gasteiger partial charge >= 0.3 is 5.97 Å². The number of nitrogens with one attached hydrogen (secondary N) is 1. The maximum absolute atomic E-state index is 12.5. The van der Waals surface area contributed by atoms with Crippen LogP contribution in [0.5, 0.6) is 0 Å². The summed E-state index contributed by atoms with van der Waals surface area (Å²) in [5.74, 6) is -2.76. The van der Waals surface area contributed by atoms with Crippen LogP contribution in [-0.2, 0) is 24.2 Å². The van der Waals surface area contributed by atoms with Gasteiger partial charge in [0.25, 0.3) is 6.43 Å². The van der Waals surface area contributed by atoms with E-state index in [1.54, 1.807) is 0 Å². The molecule has 1 N–H and O–H groups in total. The van der Waals surface area contributed by atoms with Gasteiger partial charge in [0.1, 0.15) is 11.3 Å². The quantitative estimate of drug-likeness (QED) is 0.657. The van der Waals surface area contributed by atoms with E-state index in [0.29, 0.717) is 0 Å². The molecule has 17 heavy (non-hydrogen) atoms. The maximum Gasteiger partial charge on any atom is 0.329 e. The predicted molar refractivity (Wildman–Crippen MR) is 52.1 cm³/mol. The number of ether oxygens (including phenoxy) is 1. The van der Waals surface area contributed by atoms with Crippen LogP contribution in [0.15, 0.2) is 0 Å². The number of esters is 1. The zero-order chi connectivity index (χ0) is 13.2. The highest BCUT2D eigenvalue weighted by Gasteiger charge is 2.42. The molecule has 9 heteroatoms. The average Bonchev–Trinajstić information content (AvgIpc) is 2.33. The van der Waals surface area contributed by atoms with E-state index in [1.807, 2.05) is 5.32 Å². The van der Waals surface area contributed by atoms with Crippen molar-refractivity contribution in [3.05, 3.63) is 0 Å². The Kier molecular flexibility index (Phi) is 4.02. The molecule has 98 valence electrons. The van der Waals surface area contributed by atoms with E-state index in [1.165, 1.54) is 0 Å². The molecule has 0 aromatic heterocycles. The molecule has 1 heterocycles. The van der Waals surface area contributed by atoms with E-state index in [2.05, 4.69) is 4.74 Å². The highest BCUT2D eigenvalue weighted by Crippen LogP contribution is 2.20. The lowest BCUT2D eigenvalue weighted by Gasteiger charge is -2.13. The standard InChI is InChI=1S/C8H11F2NO5S/c1-16-8(13)4-3-17(14,15)5(7(9)10)2-6(12)11-4/h4-5,7H,2-3H2,1H3,(H,11,12)/t4-,5-/m1/s1. The molecular formula is C8H11F2NO5S. The molecule has 0 unspecified atom stereocenters. The molecule has 6 nitrogen and oxygen atoms in total. The Balaban J connectivity index is 3.03. The number of methoxy groups -OCH3 is 1. The smallest absolute Gasteiger partial charge is 0.329 e. The molecule has 1 aliphatic heterocycles. The Morgan fingerprint density at radius 1 is 1.53 bits per heavy atom. The fourth-order valence-electron chi connectivity index (χ4n) is 1.48. The van der Waals surface area contributed by atoms with Gasteiger partial charge in [0.15, 0.2) is 9.84 Å². The van der Waals surface area contributed by atoms with Crippen molar-refractivity contribution in [3.8, 4) is 0 Å². The van der Waals surface area contributed by atoms with Crippen molar-refractivity contribution < 1.29 is 31.5 Å². The molecule has 0 radical (unpaired) electrons. The summed E-state index contributed by atoms with van der Waals surface area (Å²) in [5.41, 5.74) is 0. The van der Waals surface area contributed by atoms with Gasteiger partial charge in [0.05, 0.1) is 12.9 Å². The molecule has 1 fully saturated rings. The Morgan fingerprint density at radius 2 is 2.12 bits per heavy atom. The summed E-state index contributed by atoms with van der Waals surface area (Å²) in [5, 5.41) is -0.0280. The highest BCUT2D eigenvalue weighted by molar-refractivity contribution is 7.92. The van der Waals surface area contributed by atoms with E-state index in [-0.39, 0.29) is 0 Å². The molecule has 0 spiro atoms. The minimum atomic E-state index is -4.23. The number of amides is 1. The number of halogens is 2. The summed E-state index contributed by atoms with van der Waals surface area (Å²) >= 11 is 0. The van der Waals surface area contributed by atoms with Crippen LogP contribution in [0.1, 0.15) is 6.42 Å². The van der Waals surface area contributed by atoms with Gasteiger partial charge in [-0.15, -0.1) is 0 Å². The average molecular weight is 271 g/mol. The number of hydrogen-bond donors (Lipinski definition) is 1. The number of sulfone groups is 1. The van der Waals surface area contributed by atoms with Gasteiger partial charge < -0.3 is 10.1 Å². The van der Waals surface area contributed by atoms with Gasteiger partial charge in [-0.25, -0.2) is 22.0 Å². The summed E-state index contributed by atoms with van der Waals surface area (Å²) in [6, 6.07) is -1.43. The van der Waals surface area contributed by atoms with Gasteiger partial charge in [0, 0.05) is 6.42 Å². The molecule has 1 saturated heterocycles. The monoisotopic (exact) mass is 271 g/mol. The number of alkyl halides is 2. The van der Waals surface area contributed by atoms with Crippen molar-refractivity contribution in [3.63, 3.8) is 0 Å². The summed E-state index contributed by atoms with van der Waals surface area (Å²) in [7, 11) is -3.22. The van der Waals surface area contributed by atoms with Gasteiger partial charge in [-0.2, -0.15) is 0 Å². The first-order valence-corrected chi connectivity index (χ1v) is 6.36. The van der Waals surface area contributed by atoms with E-state index in [4.69, 9.17) is 0 Å². The normalized spacial score (nSPS) is 28.4. The molecule has 0 aromatic rings. The van der Waals surface area contributed by atoms with Crippen molar-refractivity contribution in [2.24, 2.45) is 0 Å². The number of rotatable bonds is 2. The summed E-state index contributed by atoms with van der Waals surface area (Å²) in [4.78, 5) is 22.3. The molecule has 2 atom stereocenters. The largest absolute Gasteiger partial charge is 0.467 e. The van der Waals surface area contributed by atoms with Crippen molar-refractivity contribution in [2.45, 2.75) is 24.1 Å². The van der Waals surface area contributed by atoms with Crippen LogP contribution >= 0.6 is 0 Å². The Morgan fingerprint density at radius 3 is 2.59 bits per heavy atom. The van der Waals surface area contributed by atoms with Gasteiger partial charge in [-0.05, 0) is 0 Å². The van der Waals surface area contributed by atoms with E-state index in [0.717, 1.165) is 7.11 Å². The topological polar surface area (TPSA) is 89.5 Å². The number of carbonyl (C=O) groups is 2. The summed E-state index contributed by atoms with van der Waals surface area (Å²) < 4.78 is 52.4. The second-order valence-electron chi connectivity index (χ2n) is 3.55. The van der Waals surface area contributed by atoms with E-state index >= 15 is 0 Å². The maximum atomic E-state index is 12.5. The fraction of sp³-hybridized carbons (Fsp3) is 0.750. The molecule has 1 amide bonds. The fourth-order valence-corrected chi connectivity index (χ4v) is 3.13. The van der Waals surface area contributed by atoms with Crippen LogP contribution in [0.4, 0.5) is 8.78 Å². The van der Waals surface area contributed by atoms with Crippen molar-refractivity contribution >= 4 is 21.7 Å². The molecule has 0 aromatic carbocycles. The second kappa shape index (κ2) is 4.94. The zero-order valence-electron chi connectivity index (χ0n) is 8.85. The van der Waals surface area contributed by atoms with Crippen LogP contribution in [0.2, 0.25) is 0 Å². The van der Waals surface area contributed by atoms with E-state index < -0.39 is 51.6 Å². The van der Waals surface area contributed by atoms with Crippen molar-refractivity contribution in [1.82, 2.24) is 5.32 Å². The van der Waals surface area contributed by atoms with Crippen LogP contribution in [-0.4, -0.2) is 50.9 Å². The lowest BCUT2D eigenvalue weighted by molar-refractivity contribution is -0.144. The van der Waals surface area contributed by atoms with Crippen molar-refractivity contribution in [1.29, 1.82) is 0 Å². The predicted octanol–water partition coefficient (Wildman–Crippen LogP) is -0.904. The SMILES string of the molecule is COC(=O)[C@H]1CS(=O)(=O)[C@@H](C(F)F)CC(=O)N1. The van der Waals surface area contributed by atoms with Gasteiger partial charge in [0.2, 0.25) is 5.91 Å². The zero-order valence-corrected chi connectivity index (χ0v) is 9.67. The molecule has 1 aliphatic rings. The first-order valence-electron chi connectivity index (χ1n) is 4.65. The lowest BCUT2D eigenvalue weighted by Crippen LogP contribution is -2.43. The molecular weight excluding hydrogens is 260 g/mol. The van der Waals surface area contributed by atoms with Gasteiger partial charge in [-0.3, -0.25) is 4.79 Å². The Bertz CT molecular complexity index is 422. The minimum absolute atomic E-state index is 0.854. The molecule has 0 bridgehead atoms. The third-order valence-corrected chi connectivity index (χ3v) is 4.44. The van der Waals surface area contributed by atoms with Crippen LogP contribution in [0.3, 0.4) is 0 Å². The summed E-state index contributed by atoms with van der Waals surface area (Å²) in [6.07, 6.45) is -4.02. The lowest BCUT2D eigenvalue weighted by atomic mass is 10.2. The van der Waals surface area contributed by atoms with Crippen LogP contribution < -0.4 is 5.32 Å². The van der Waals surface area contributed by atoms with E-state index in [9.17, 15) is 26.8 Å². The van der Waals surface area contributed by atoms with Gasteiger partial charge in [-0.1, -0.05) is 0 Å². The molecule has 1 rings (SSSR count). The number of carbonyl (C=O) groups excluding carboxylic acids is 2. The minimum Gasteiger partial charge on any atom is -0.467 e. The molecule has 0 aliphatic carbocycles. The van der Waals surface area contributed by atoms with Crippen LogP contribution in [0, 0.1) is 0 Å². The second-order valence-corrected chi connectivity index (χ2v) is 5.81.